The van der Waals surface area contributed by atoms with Gasteiger partial charge in [-0.25, -0.2) is 9.97 Å². The minimum Gasteiger partial charge on any atom is -0.497 e. The van der Waals surface area contributed by atoms with E-state index < -0.39 is 0 Å². The number of amides is 1. The molecule has 0 atom stereocenters. The summed E-state index contributed by atoms with van der Waals surface area (Å²) in [4.78, 5) is 27.4. The summed E-state index contributed by atoms with van der Waals surface area (Å²) in [5.74, 6) is 1.93. The monoisotopic (exact) mass is 498 g/mol. The maximum absolute atomic E-state index is 13.5. The van der Waals surface area contributed by atoms with E-state index in [4.69, 9.17) is 9.47 Å². The predicted molar refractivity (Wildman–Crippen MR) is 140 cm³/mol. The van der Waals surface area contributed by atoms with Crippen molar-refractivity contribution < 1.29 is 14.3 Å². The van der Waals surface area contributed by atoms with Crippen LogP contribution in [0, 0.1) is 0 Å². The number of nitrogens with zero attached hydrogens (tertiary/aromatic N) is 4. The maximum Gasteiger partial charge on any atom is 0.255 e. The summed E-state index contributed by atoms with van der Waals surface area (Å²) in [6.07, 6.45) is 3.23. The van der Waals surface area contributed by atoms with Crippen molar-refractivity contribution in [2.24, 2.45) is 0 Å². The summed E-state index contributed by atoms with van der Waals surface area (Å²) in [5.41, 5.74) is 1.75. The third kappa shape index (κ3) is 5.44. The van der Waals surface area contributed by atoms with Crippen LogP contribution in [-0.2, 0) is 0 Å². The van der Waals surface area contributed by atoms with Crippen LogP contribution in [-0.4, -0.2) is 54.1 Å². The number of piperazine rings is 1. The van der Waals surface area contributed by atoms with Gasteiger partial charge < -0.3 is 19.3 Å². The predicted octanol–water partition coefficient (Wildman–Crippen LogP) is 5.39. The highest BCUT2D eigenvalue weighted by atomic mass is 32.2. The molecule has 1 saturated heterocycles. The third-order valence-electron chi connectivity index (χ3n) is 5.90. The van der Waals surface area contributed by atoms with Crippen LogP contribution in [0.5, 0.6) is 17.4 Å². The van der Waals surface area contributed by atoms with Gasteiger partial charge in [-0.1, -0.05) is 48.2 Å². The lowest BCUT2D eigenvalue weighted by molar-refractivity contribution is 0.0743. The molecule has 182 valence electrons. The Hall–Kier alpha value is -4.04. The Bertz CT molecular complexity index is 1330. The number of ether oxygens (including phenoxy) is 2. The number of aromatic nitrogens is 2. The molecule has 1 aliphatic rings. The van der Waals surface area contributed by atoms with Crippen LogP contribution in [0.1, 0.15) is 10.4 Å². The Kier molecular flexibility index (Phi) is 7.33. The van der Waals surface area contributed by atoms with Gasteiger partial charge in [0.1, 0.15) is 11.5 Å². The van der Waals surface area contributed by atoms with Crippen LogP contribution in [0.25, 0.3) is 0 Å². The summed E-state index contributed by atoms with van der Waals surface area (Å²) in [5, 5.41) is 0.601. The quantitative estimate of drug-likeness (QED) is 0.338. The lowest BCUT2D eigenvalue weighted by Crippen LogP contribution is -2.48. The molecular weight excluding hydrogens is 472 g/mol. The lowest BCUT2D eigenvalue weighted by atomic mass is 10.1. The normalized spacial score (nSPS) is 13.4. The molecule has 7 nitrogen and oxygen atoms in total. The zero-order valence-electron chi connectivity index (χ0n) is 19.9. The number of benzene rings is 3. The molecule has 4 aromatic rings. The van der Waals surface area contributed by atoms with Gasteiger partial charge in [0.2, 0.25) is 0 Å². The molecule has 1 aliphatic heterocycles. The van der Waals surface area contributed by atoms with Crippen molar-refractivity contribution in [3.8, 4) is 17.4 Å². The highest BCUT2D eigenvalue weighted by Gasteiger charge is 2.25. The van der Waals surface area contributed by atoms with Gasteiger partial charge in [0.05, 0.1) is 12.7 Å². The minimum atomic E-state index is 0.0119. The highest BCUT2D eigenvalue weighted by molar-refractivity contribution is 7.99. The van der Waals surface area contributed by atoms with Gasteiger partial charge in [-0.05, 0) is 36.4 Å². The number of anilines is 1. The maximum atomic E-state index is 13.5. The van der Waals surface area contributed by atoms with Gasteiger partial charge in [0.25, 0.3) is 11.8 Å². The second-order valence-corrected chi connectivity index (χ2v) is 9.19. The molecule has 0 aliphatic carbocycles. The molecule has 1 aromatic heterocycles. The first-order valence-electron chi connectivity index (χ1n) is 11.7. The van der Waals surface area contributed by atoms with Crippen LogP contribution in [0.2, 0.25) is 0 Å². The number of para-hydroxylation sites is 1. The fraction of sp³-hybridized carbons (Fsp3) is 0.179. The van der Waals surface area contributed by atoms with Crippen LogP contribution >= 0.6 is 11.8 Å². The van der Waals surface area contributed by atoms with Crippen LogP contribution in [0.4, 0.5) is 5.69 Å². The number of methoxy groups -OCH3 is 1. The fourth-order valence-corrected chi connectivity index (χ4v) is 4.95. The van der Waals surface area contributed by atoms with Gasteiger partial charge >= 0.3 is 0 Å². The van der Waals surface area contributed by atoms with Crippen molar-refractivity contribution in [1.29, 1.82) is 0 Å². The Morgan fingerprint density at radius 3 is 2.36 bits per heavy atom. The summed E-state index contributed by atoms with van der Waals surface area (Å²) in [7, 11) is 1.67. The SMILES string of the molecule is COc1cccc(N2CCN(C(=O)c3ccccc3Sc3nccnc3Oc3ccccc3)CC2)c1. The molecule has 0 unspecified atom stereocenters. The van der Waals surface area contributed by atoms with E-state index in [1.165, 1.54) is 11.8 Å². The Balaban J connectivity index is 1.30. The average Bonchev–Trinajstić information content (AvgIpc) is 2.95. The van der Waals surface area contributed by atoms with Crippen molar-refractivity contribution in [3.63, 3.8) is 0 Å². The number of hydrogen-bond donors (Lipinski definition) is 0. The van der Waals surface area contributed by atoms with E-state index in [0.717, 1.165) is 29.4 Å². The average molecular weight is 499 g/mol. The zero-order chi connectivity index (χ0) is 24.7. The Morgan fingerprint density at radius 2 is 1.56 bits per heavy atom. The van der Waals surface area contributed by atoms with Gasteiger partial charge in [-0.15, -0.1) is 0 Å². The van der Waals surface area contributed by atoms with Gasteiger partial charge in [0, 0.05) is 55.2 Å². The fourth-order valence-electron chi connectivity index (χ4n) is 4.03. The molecule has 0 saturated carbocycles. The molecule has 5 rings (SSSR count). The first-order chi connectivity index (χ1) is 17.7. The standard InChI is InChI=1S/C28H26N4O3S/c1-34-23-11-7-8-21(20-23)31-16-18-32(19-17-31)28(33)24-12-5-6-13-25(24)36-27-26(29-14-15-30-27)35-22-9-3-2-4-10-22/h2-15,20H,16-19H2,1H3. The highest BCUT2D eigenvalue weighted by Crippen LogP contribution is 2.36. The lowest BCUT2D eigenvalue weighted by Gasteiger charge is -2.36. The minimum absolute atomic E-state index is 0.0119. The van der Waals surface area contributed by atoms with E-state index in [-0.39, 0.29) is 5.91 Å². The molecule has 1 fully saturated rings. The third-order valence-corrected chi connectivity index (χ3v) is 6.95. The molecule has 0 N–H and O–H groups in total. The molecule has 0 bridgehead atoms. The van der Waals surface area contributed by atoms with Crippen LogP contribution in [0.3, 0.4) is 0 Å². The molecule has 8 heteroatoms. The van der Waals surface area contributed by atoms with E-state index in [0.29, 0.717) is 35.3 Å². The van der Waals surface area contributed by atoms with Gasteiger partial charge in [0.15, 0.2) is 5.03 Å². The van der Waals surface area contributed by atoms with Crippen LogP contribution < -0.4 is 14.4 Å². The molecule has 3 aromatic carbocycles. The Morgan fingerprint density at radius 1 is 0.833 bits per heavy atom. The second kappa shape index (κ2) is 11.1. The summed E-state index contributed by atoms with van der Waals surface area (Å²) in [6.45, 7) is 2.80. The van der Waals surface area contributed by atoms with E-state index in [2.05, 4.69) is 20.9 Å². The summed E-state index contributed by atoms with van der Waals surface area (Å²) in [6, 6.07) is 25.1. The number of hydrogen-bond acceptors (Lipinski definition) is 7. The zero-order valence-corrected chi connectivity index (χ0v) is 20.7. The van der Waals surface area contributed by atoms with Crippen molar-refractivity contribution >= 4 is 23.4 Å². The van der Waals surface area contributed by atoms with Crippen molar-refractivity contribution in [2.45, 2.75) is 9.92 Å². The molecule has 36 heavy (non-hydrogen) atoms. The molecule has 0 radical (unpaired) electrons. The first-order valence-corrected chi connectivity index (χ1v) is 12.5. The topological polar surface area (TPSA) is 67.8 Å². The summed E-state index contributed by atoms with van der Waals surface area (Å²) >= 11 is 1.38. The number of rotatable bonds is 7. The summed E-state index contributed by atoms with van der Waals surface area (Å²) < 4.78 is 11.3. The molecule has 1 amide bonds. The van der Waals surface area contributed by atoms with E-state index >= 15 is 0 Å². The molecule has 0 spiro atoms. The van der Waals surface area contributed by atoms with Crippen molar-refractivity contribution in [3.05, 3.63) is 96.8 Å². The first kappa shape index (κ1) is 23.7. The number of carbonyl (C=O) groups excluding carboxylic acids is 1. The number of carbonyl (C=O) groups is 1. The van der Waals surface area contributed by atoms with E-state index in [9.17, 15) is 4.79 Å². The van der Waals surface area contributed by atoms with Gasteiger partial charge in [-0.2, -0.15) is 0 Å². The Labute approximate surface area is 214 Å². The van der Waals surface area contributed by atoms with E-state index in [1.54, 1.807) is 19.5 Å². The largest absolute Gasteiger partial charge is 0.497 e. The molecular formula is C28H26N4O3S. The van der Waals surface area contributed by atoms with Crippen LogP contribution in [0.15, 0.2) is 101 Å². The van der Waals surface area contributed by atoms with Gasteiger partial charge in [-0.3, -0.25) is 4.79 Å². The smallest absolute Gasteiger partial charge is 0.255 e. The van der Waals surface area contributed by atoms with E-state index in [1.807, 2.05) is 77.7 Å². The van der Waals surface area contributed by atoms with Crippen molar-refractivity contribution in [1.82, 2.24) is 14.9 Å². The second-order valence-electron chi connectivity index (χ2n) is 8.16. The molecule has 2 heterocycles. The van der Waals surface area contributed by atoms with Crippen molar-refractivity contribution in [2.75, 3.05) is 38.2 Å².